The molecule has 0 heterocycles. The fourth-order valence-corrected chi connectivity index (χ4v) is 0.785. The maximum atomic E-state index is 7.41. The van der Waals surface area contributed by atoms with Gasteiger partial charge in [0.15, 0.2) is 0 Å². The van der Waals surface area contributed by atoms with Crippen molar-refractivity contribution < 1.29 is 0 Å². The number of hydrogen-bond acceptors (Lipinski definition) is 1. The summed E-state index contributed by atoms with van der Waals surface area (Å²) in [5.41, 5.74) is 1.68. The summed E-state index contributed by atoms with van der Waals surface area (Å²) in [5, 5.41) is 7.41. The molecule has 1 heteroatoms. The van der Waals surface area contributed by atoms with E-state index in [1.165, 1.54) is 12.8 Å². The molecule has 0 aromatic carbocycles. The summed E-state index contributed by atoms with van der Waals surface area (Å²) in [7, 11) is 0. The van der Waals surface area contributed by atoms with Gasteiger partial charge in [-0.25, -0.2) is 0 Å². The Morgan fingerprint density at radius 2 is 2.22 bits per heavy atom. The molecule has 1 saturated carbocycles. The third-order valence-electron chi connectivity index (χ3n) is 1.70. The molecule has 0 radical (unpaired) electrons. The van der Waals surface area contributed by atoms with E-state index in [0.29, 0.717) is 0 Å². The van der Waals surface area contributed by atoms with Crippen LogP contribution in [0.1, 0.15) is 26.2 Å². The summed E-state index contributed by atoms with van der Waals surface area (Å²) >= 11 is 0. The Balaban J connectivity index is 2.25. The third-order valence-corrected chi connectivity index (χ3v) is 1.70. The van der Waals surface area contributed by atoms with Gasteiger partial charge in [0.25, 0.3) is 0 Å². The average Bonchev–Trinajstić information content (AvgIpc) is 2.50. The Morgan fingerprint density at radius 3 is 2.56 bits per heavy atom. The fraction of sp³-hybridized carbons (Fsp3) is 0.625. The van der Waals surface area contributed by atoms with Gasteiger partial charge in [0.05, 0.1) is 0 Å². The average molecular weight is 123 g/mol. The quantitative estimate of drug-likeness (QED) is 0.557. The lowest BCUT2D eigenvalue weighted by Crippen LogP contribution is -1.97. The molecule has 1 aliphatic rings. The van der Waals surface area contributed by atoms with Crippen LogP contribution in [0.25, 0.3) is 0 Å². The van der Waals surface area contributed by atoms with E-state index in [1.54, 1.807) is 0 Å². The van der Waals surface area contributed by atoms with Crippen LogP contribution in [0.3, 0.4) is 0 Å². The summed E-state index contributed by atoms with van der Waals surface area (Å²) in [6.07, 6.45) is 3.63. The molecule has 0 aliphatic heterocycles. The lowest BCUT2D eigenvalue weighted by atomic mass is 10.1. The molecule has 0 atom stereocenters. The smallest absolute Gasteiger partial charge is 0.0339 e. The summed E-state index contributed by atoms with van der Waals surface area (Å²) in [6, 6.07) is 0. The molecule has 1 aliphatic carbocycles. The van der Waals surface area contributed by atoms with E-state index in [1.807, 2.05) is 6.92 Å². The van der Waals surface area contributed by atoms with Crippen molar-refractivity contribution in [3.8, 4) is 0 Å². The highest BCUT2D eigenvalue weighted by atomic mass is 14.4. The van der Waals surface area contributed by atoms with E-state index in [0.717, 1.165) is 23.6 Å². The highest BCUT2D eigenvalue weighted by molar-refractivity contribution is 5.96. The van der Waals surface area contributed by atoms with Gasteiger partial charge in [0, 0.05) is 5.71 Å². The van der Waals surface area contributed by atoms with Gasteiger partial charge in [-0.1, -0.05) is 6.58 Å². The number of hydrogen-bond donors (Lipinski definition) is 1. The number of rotatable bonds is 3. The molecule has 0 aromatic heterocycles. The second-order valence-corrected chi connectivity index (χ2v) is 2.91. The second kappa shape index (κ2) is 2.34. The van der Waals surface area contributed by atoms with Crippen molar-refractivity contribution in [3.63, 3.8) is 0 Å². The molecule has 50 valence electrons. The van der Waals surface area contributed by atoms with E-state index in [4.69, 9.17) is 5.41 Å². The van der Waals surface area contributed by atoms with Crippen LogP contribution in [0.15, 0.2) is 12.2 Å². The van der Waals surface area contributed by atoms with E-state index >= 15 is 0 Å². The Morgan fingerprint density at radius 1 is 1.67 bits per heavy atom. The molecule has 0 bridgehead atoms. The van der Waals surface area contributed by atoms with Gasteiger partial charge in [-0.2, -0.15) is 0 Å². The van der Waals surface area contributed by atoms with Crippen molar-refractivity contribution in [2.45, 2.75) is 26.2 Å². The van der Waals surface area contributed by atoms with Crippen molar-refractivity contribution in [3.05, 3.63) is 12.2 Å². The van der Waals surface area contributed by atoms with Crippen molar-refractivity contribution >= 4 is 5.71 Å². The van der Waals surface area contributed by atoms with E-state index < -0.39 is 0 Å². The standard InChI is InChI=1S/C8H13N/c1-6(2)8(9)5-7-3-4-7/h7,9H,1,3-5H2,2H3. The maximum Gasteiger partial charge on any atom is 0.0339 e. The number of allylic oxidation sites excluding steroid dienone is 1. The Labute approximate surface area is 56.3 Å². The molecule has 1 rings (SSSR count). The predicted octanol–water partition coefficient (Wildman–Crippen LogP) is 2.38. The first kappa shape index (κ1) is 6.53. The molecule has 0 spiro atoms. The fourth-order valence-electron chi connectivity index (χ4n) is 0.785. The summed E-state index contributed by atoms with van der Waals surface area (Å²) < 4.78 is 0. The Hall–Kier alpha value is -0.590. The summed E-state index contributed by atoms with van der Waals surface area (Å²) in [5.74, 6) is 0.828. The number of nitrogens with one attached hydrogen (secondary N) is 1. The minimum Gasteiger partial charge on any atom is -0.305 e. The topological polar surface area (TPSA) is 23.9 Å². The summed E-state index contributed by atoms with van der Waals surface area (Å²) in [6.45, 7) is 5.62. The predicted molar refractivity (Wildman–Crippen MR) is 39.9 cm³/mol. The van der Waals surface area contributed by atoms with Crippen LogP contribution in [-0.4, -0.2) is 5.71 Å². The largest absolute Gasteiger partial charge is 0.305 e. The molecule has 1 N–H and O–H groups in total. The van der Waals surface area contributed by atoms with Crippen LogP contribution < -0.4 is 0 Å². The third kappa shape index (κ3) is 2.00. The molecule has 9 heavy (non-hydrogen) atoms. The minimum absolute atomic E-state index is 0.748. The molecular weight excluding hydrogens is 110 g/mol. The highest BCUT2D eigenvalue weighted by Gasteiger charge is 2.22. The molecule has 1 fully saturated rings. The van der Waals surface area contributed by atoms with Crippen LogP contribution in [0.2, 0.25) is 0 Å². The van der Waals surface area contributed by atoms with Crippen molar-refractivity contribution in [2.75, 3.05) is 0 Å². The minimum atomic E-state index is 0.748. The van der Waals surface area contributed by atoms with Gasteiger partial charge in [-0.3, -0.25) is 0 Å². The van der Waals surface area contributed by atoms with Crippen molar-refractivity contribution in [2.24, 2.45) is 5.92 Å². The van der Waals surface area contributed by atoms with Crippen LogP contribution in [0.5, 0.6) is 0 Å². The first-order valence-corrected chi connectivity index (χ1v) is 3.43. The molecular formula is C8H13N. The first-order valence-electron chi connectivity index (χ1n) is 3.43. The van der Waals surface area contributed by atoms with Gasteiger partial charge < -0.3 is 5.41 Å². The molecule has 0 amide bonds. The monoisotopic (exact) mass is 123 g/mol. The highest BCUT2D eigenvalue weighted by Crippen LogP contribution is 2.33. The first-order chi connectivity index (χ1) is 4.20. The molecule has 0 aromatic rings. The SMILES string of the molecule is C=C(C)C(=N)CC1CC1. The van der Waals surface area contributed by atoms with Crippen molar-refractivity contribution in [1.82, 2.24) is 0 Å². The Kier molecular flexibility index (Phi) is 1.70. The van der Waals surface area contributed by atoms with Crippen molar-refractivity contribution in [1.29, 1.82) is 5.41 Å². The van der Waals surface area contributed by atoms with E-state index in [-0.39, 0.29) is 0 Å². The second-order valence-electron chi connectivity index (χ2n) is 2.91. The van der Waals surface area contributed by atoms with E-state index in [2.05, 4.69) is 6.58 Å². The lowest BCUT2D eigenvalue weighted by molar-refractivity contribution is 0.889. The zero-order valence-electron chi connectivity index (χ0n) is 5.91. The maximum absolute atomic E-state index is 7.41. The lowest BCUT2D eigenvalue weighted by Gasteiger charge is -1.98. The van der Waals surface area contributed by atoms with Gasteiger partial charge in [-0.05, 0) is 37.7 Å². The van der Waals surface area contributed by atoms with Gasteiger partial charge in [-0.15, -0.1) is 0 Å². The zero-order valence-corrected chi connectivity index (χ0v) is 5.91. The molecule has 1 nitrogen and oxygen atoms in total. The van der Waals surface area contributed by atoms with Gasteiger partial charge >= 0.3 is 0 Å². The van der Waals surface area contributed by atoms with Crippen LogP contribution >= 0.6 is 0 Å². The normalized spacial score (nSPS) is 17.4. The van der Waals surface area contributed by atoms with E-state index in [9.17, 15) is 0 Å². The molecule has 0 saturated heterocycles. The van der Waals surface area contributed by atoms with Crippen LogP contribution in [0.4, 0.5) is 0 Å². The van der Waals surface area contributed by atoms with Crippen LogP contribution in [-0.2, 0) is 0 Å². The molecule has 0 unspecified atom stereocenters. The van der Waals surface area contributed by atoms with Crippen LogP contribution in [0, 0.1) is 11.3 Å². The van der Waals surface area contributed by atoms with Gasteiger partial charge in [0.1, 0.15) is 0 Å². The Bertz CT molecular complexity index is 143. The zero-order chi connectivity index (χ0) is 6.85. The summed E-state index contributed by atoms with van der Waals surface area (Å²) in [4.78, 5) is 0. The van der Waals surface area contributed by atoms with Gasteiger partial charge in [0.2, 0.25) is 0 Å².